The van der Waals surface area contributed by atoms with Crippen LogP contribution in [-0.4, -0.2) is 30.0 Å². The van der Waals surface area contributed by atoms with Gasteiger partial charge in [-0.1, -0.05) is 13.0 Å². The molecule has 1 aromatic carbocycles. The number of hydrogen-bond donors (Lipinski definition) is 1. The van der Waals surface area contributed by atoms with Gasteiger partial charge in [0.05, 0.1) is 6.10 Å². The Labute approximate surface area is 109 Å². The Bertz CT molecular complexity index is 382. The molecule has 0 saturated heterocycles. The van der Waals surface area contributed by atoms with Crippen LogP contribution in [0.25, 0.3) is 0 Å². The Morgan fingerprint density at radius 2 is 1.89 bits per heavy atom. The lowest BCUT2D eigenvalue weighted by atomic mass is 9.88. The largest absolute Gasteiger partial charge is 0.487 e. The van der Waals surface area contributed by atoms with Gasteiger partial charge in [-0.3, -0.25) is 0 Å². The Balaban J connectivity index is 1.96. The number of aliphatic hydroxyl groups is 1. The molecule has 3 heteroatoms. The van der Waals surface area contributed by atoms with Gasteiger partial charge in [0.2, 0.25) is 0 Å². The molecule has 3 atom stereocenters. The molecule has 0 radical (unpaired) electrons. The van der Waals surface area contributed by atoms with Crippen molar-refractivity contribution in [3.05, 3.63) is 29.3 Å². The van der Waals surface area contributed by atoms with E-state index in [1.54, 1.807) is 0 Å². The van der Waals surface area contributed by atoms with Gasteiger partial charge in [-0.05, 0) is 43.5 Å². The fourth-order valence-electron chi connectivity index (χ4n) is 2.32. The fraction of sp³-hybridized carbons (Fsp3) is 0.600. The third-order valence-corrected chi connectivity index (χ3v) is 3.22. The maximum atomic E-state index is 9.69. The highest BCUT2D eigenvalue weighted by molar-refractivity contribution is 5.33. The molecular weight excluding hydrogens is 228 g/mol. The van der Waals surface area contributed by atoms with Gasteiger partial charge in [0.25, 0.3) is 0 Å². The molecule has 0 amide bonds. The summed E-state index contributed by atoms with van der Waals surface area (Å²) in [6.45, 7) is 6.85. The number of aryl methyl sites for hydroxylation is 2. The summed E-state index contributed by atoms with van der Waals surface area (Å²) in [6.07, 6.45) is 1.03. The molecule has 0 aliphatic heterocycles. The summed E-state index contributed by atoms with van der Waals surface area (Å²) in [7, 11) is 0. The summed E-state index contributed by atoms with van der Waals surface area (Å²) in [6, 6.07) is 6.16. The van der Waals surface area contributed by atoms with Crippen LogP contribution >= 0.6 is 0 Å². The van der Waals surface area contributed by atoms with Gasteiger partial charge in [0.1, 0.15) is 18.0 Å². The highest BCUT2D eigenvalue weighted by Gasteiger charge is 2.42. The second-order valence-electron chi connectivity index (χ2n) is 5.12. The minimum atomic E-state index is -0.382. The Morgan fingerprint density at radius 1 is 1.22 bits per heavy atom. The van der Waals surface area contributed by atoms with Crippen molar-refractivity contribution in [3.63, 3.8) is 0 Å². The van der Waals surface area contributed by atoms with Crippen LogP contribution in [0.2, 0.25) is 0 Å². The van der Waals surface area contributed by atoms with Crippen LogP contribution in [-0.2, 0) is 4.74 Å². The third-order valence-electron chi connectivity index (χ3n) is 3.22. The maximum Gasteiger partial charge on any atom is 0.130 e. The van der Waals surface area contributed by atoms with Gasteiger partial charge in [-0.15, -0.1) is 0 Å². The highest BCUT2D eigenvalue weighted by Crippen LogP contribution is 2.30. The fourth-order valence-corrected chi connectivity index (χ4v) is 2.32. The van der Waals surface area contributed by atoms with Crippen molar-refractivity contribution < 1.29 is 14.6 Å². The van der Waals surface area contributed by atoms with E-state index in [9.17, 15) is 5.11 Å². The van der Waals surface area contributed by atoms with Crippen molar-refractivity contribution in [2.24, 2.45) is 0 Å². The van der Waals surface area contributed by atoms with E-state index in [0.29, 0.717) is 13.0 Å². The first-order valence-corrected chi connectivity index (χ1v) is 6.64. The third kappa shape index (κ3) is 3.03. The number of benzene rings is 1. The molecule has 1 N–H and O–H groups in total. The van der Waals surface area contributed by atoms with Crippen molar-refractivity contribution in [3.8, 4) is 5.75 Å². The van der Waals surface area contributed by atoms with E-state index >= 15 is 0 Å². The smallest absolute Gasteiger partial charge is 0.130 e. The Morgan fingerprint density at radius 3 is 2.44 bits per heavy atom. The SMILES string of the molecule is CCCOC1C(O)CC1Oc1cc(C)cc(C)c1. The molecule has 2 rings (SSSR count). The van der Waals surface area contributed by atoms with Crippen molar-refractivity contribution in [1.82, 2.24) is 0 Å². The van der Waals surface area contributed by atoms with Crippen molar-refractivity contribution in [2.45, 2.75) is 51.9 Å². The minimum Gasteiger partial charge on any atom is -0.487 e. The zero-order valence-corrected chi connectivity index (χ0v) is 11.3. The second-order valence-corrected chi connectivity index (χ2v) is 5.12. The standard InChI is InChI=1S/C15H22O3/c1-4-5-17-15-13(16)9-14(15)18-12-7-10(2)6-11(3)8-12/h6-8,13-16H,4-5,9H2,1-3H3. The monoisotopic (exact) mass is 250 g/mol. The van der Waals surface area contributed by atoms with Gasteiger partial charge in [-0.25, -0.2) is 0 Å². The van der Waals surface area contributed by atoms with Crippen molar-refractivity contribution in [2.75, 3.05) is 6.61 Å². The lowest BCUT2D eigenvalue weighted by molar-refractivity contribution is -0.162. The van der Waals surface area contributed by atoms with Gasteiger partial charge >= 0.3 is 0 Å². The summed E-state index contributed by atoms with van der Waals surface area (Å²) in [5, 5.41) is 9.69. The number of hydrogen-bond acceptors (Lipinski definition) is 3. The average molecular weight is 250 g/mol. The summed E-state index contributed by atoms with van der Waals surface area (Å²) in [5.41, 5.74) is 2.38. The topological polar surface area (TPSA) is 38.7 Å². The van der Waals surface area contributed by atoms with Crippen LogP contribution in [0.4, 0.5) is 0 Å². The molecule has 3 nitrogen and oxygen atoms in total. The van der Waals surface area contributed by atoms with Gasteiger partial charge in [0, 0.05) is 13.0 Å². The predicted octanol–water partition coefficient (Wildman–Crippen LogP) is 2.61. The van der Waals surface area contributed by atoms with Crippen molar-refractivity contribution in [1.29, 1.82) is 0 Å². The maximum absolute atomic E-state index is 9.69. The molecule has 18 heavy (non-hydrogen) atoms. The minimum absolute atomic E-state index is 0.0206. The molecule has 1 aliphatic rings. The van der Waals surface area contributed by atoms with Crippen LogP contribution in [0.3, 0.4) is 0 Å². The average Bonchev–Trinajstić information content (AvgIpc) is 2.27. The van der Waals surface area contributed by atoms with Gasteiger partial charge < -0.3 is 14.6 Å². The summed E-state index contributed by atoms with van der Waals surface area (Å²) >= 11 is 0. The van der Waals surface area contributed by atoms with E-state index in [4.69, 9.17) is 9.47 Å². The lowest BCUT2D eigenvalue weighted by Gasteiger charge is -2.40. The normalized spacial score (nSPS) is 26.8. The lowest BCUT2D eigenvalue weighted by Crippen LogP contribution is -2.55. The predicted molar refractivity (Wildman–Crippen MR) is 71.0 cm³/mol. The van der Waals surface area contributed by atoms with E-state index in [1.807, 2.05) is 12.1 Å². The zero-order valence-electron chi connectivity index (χ0n) is 11.3. The van der Waals surface area contributed by atoms with Crippen LogP contribution in [0.15, 0.2) is 18.2 Å². The van der Waals surface area contributed by atoms with E-state index in [2.05, 4.69) is 26.8 Å². The number of ether oxygens (including phenoxy) is 2. The molecule has 0 heterocycles. The van der Waals surface area contributed by atoms with Gasteiger partial charge in [0.15, 0.2) is 0 Å². The molecule has 1 fully saturated rings. The van der Waals surface area contributed by atoms with Crippen molar-refractivity contribution >= 4 is 0 Å². The zero-order chi connectivity index (χ0) is 13.1. The molecule has 1 saturated carbocycles. The van der Waals surface area contributed by atoms with Crippen LogP contribution in [0, 0.1) is 13.8 Å². The number of rotatable bonds is 5. The quantitative estimate of drug-likeness (QED) is 0.873. The molecule has 0 bridgehead atoms. The molecule has 100 valence electrons. The second kappa shape index (κ2) is 5.72. The summed E-state index contributed by atoms with van der Waals surface area (Å²) in [4.78, 5) is 0. The first-order valence-electron chi connectivity index (χ1n) is 6.64. The highest BCUT2D eigenvalue weighted by atomic mass is 16.6. The van der Waals surface area contributed by atoms with E-state index in [-0.39, 0.29) is 18.3 Å². The van der Waals surface area contributed by atoms with E-state index in [0.717, 1.165) is 12.2 Å². The van der Waals surface area contributed by atoms with E-state index < -0.39 is 0 Å². The van der Waals surface area contributed by atoms with E-state index in [1.165, 1.54) is 11.1 Å². The van der Waals surface area contributed by atoms with Gasteiger partial charge in [-0.2, -0.15) is 0 Å². The Kier molecular flexibility index (Phi) is 4.25. The Hall–Kier alpha value is -1.06. The van der Waals surface area contributed by atoms with Crippen LogP contribution in [0.1, 0.15) is 30.9 Å². The molecule has 3 unspecified atom stereocenters. The van der Waals surface area contributed by atoms with Crippen LogP contribution in [0.5, 0.6) is 5.75 Å². The molecular formula is C15H22O3. The summed E-state index contributed by atoms with van der Waals surface area (Å²) in [5.74, 6) is 0.870. The van der Waals surface area contributed by atoms with Crippen LogP contribution < -0.4 is 4.74 Å². The number of aliphatic hydroxyl groups excluding tert-OH is 1. The first kappa shape index (κ1) is 13.4. The first-order chi connectivity index (χ1) is 8.60. The molecule has 1 aromatic rings. The molecule has 0 spiro atoms. The molecule has 1 aliphatic carbocycles. The molecule has 0 aromatic heterocycles. The summed E-state index contributed by atoms with van der Waals surface area (Å²) < 4.78 is 11.5.